The highest BCUT2D eigenvalue weighted by molar-refractivity contribution is 5.30. The molecule has 0 saturated heterocycles. The summed E-state index contributed by atoms with van der Waals surface area (Å²) in [6, 6.07) is 6.88. The van der Waals surface area contributed by atoms with E-state index >= 15 is 0 Å². The Hall–Kier alpha value is -0.860. The second-order valence-electron chi connectivity index (χ2n) is 4.22. The van der Waals surface area contributed by atoms with Crippen LogP contribution in [-0.2, 0) is 6.54 Å². The second-order valence-corrected chi connectivity index (χ2v) is 4.22. The van der Waals surface area contributed by atoms with Gasteiger partial charge in [-0.3, -0.25) is 0 Å². The van der Waals surface area contributed by atoms with E-state index < -0.39 is 0 Å². The highest BCUT2D eigenvalue weighted by Gasteiger charge is 2.02. The number of hydrogen-bond acceptors (Lipinski definition) is 2. The van der Waals surface area contributed by atoms with Crippen LogP contribution in [-0.4, -0.2) is 17.8 Å². The smallest absolute Gasteiger partial charge is 0.0445 e. The highest BCUT2D eigenvalue weighted by Crippen LogP contribution is 2.10. The molecular weight excluding hydrogens is 186 g/mol. The number of aliphatic hydroxyl groups excluding tert-OH is 1. The minimum atomic E-state index is 0.251. The van der Waals surface area contributed by atoms with Gasteiger partial charge in [-0.05, 0) is 38.3 Å². The Morgan fingerprint density at radius 3 is 2.67 bits per heavy atom. The first-order valence-corrected chi connectivity index (χ1v) is 5.54. The SMILES string of the molecule is Cc1ccc(CNC(C)CCO)c(C)c1. The molecule has 0 aromatic heterocycles. The van der Waals surface area contributed by atoms with Crippen molar-refractivity contribution in [2.24, 2.45) is 0 Å². The first-order chi connectivity index (χ1) is 7.13. The molecule has 84 valence electrons. The first-order valence-electron chi connectivity index (χ1n) is 5.54. The van der Waals surface area contributed by atoms with Crippen LogP contribution in [0.2, 0.25) is 0 Å². The van der Waals surface area contributed by atoms with Gasteiger partial charge in [0.25, 0.3) is 0 Å². The van der Waals surface area contributed by atoms with Crippen molar-refractivity contribution >= 4 is 0 Å². The zero-order chi connectivity index (χ0) is 11.3. The molecule has 0 aliphatic heterocycles. The van der Waals surface area contributed by atoms with E-state index in [0.717, 1.165) is 13.0 Å². The number of rotatable bonds is 5. The molecular formula is C13H21NO. The van der Waals surface area contributed by atoms with Crippen molar-refractivity contribution in [3.05, 3.63) is 34.9 Å². The lowest BCUT2D eigenvalue weighted by Crippen LogP contribution is -2.26. The van der Waals surface area contributed by atoms with E-state index in [1.54, 1.807) is 0 Å². The third-order valence-electron chi connectivity index (χ3n) is 2.70. The van der Waals surface area contributed by atoms with Crippen LogP contribution in [0.15, 0.2) is 18.2 Å². The lowest BCUT2D eigenvalue weighted by Gasteiger charge is -2.14. The average Bonchev–Trinajstić information content (AvgIpc) is 2.17. The average molecular weight is 207 g/mol. The molecule has 0 heterocycles. The van der Waals surface area contributed by atoms with Gasteiger partial charge in [-0.25, -0.2) is 0 Å². The Labute approximate surface area is 92.3 Å². The van der Waals surface area contributed by atoms with Crippen LogP contribution in [0.5, 0.6) is 0 Å². The standard InChI is InChI=1S/C13H21NO/c1-10-4-5-13(11(2)8-10)9-14-12(3)6-7-15/h4-5,8,12,14-15H,6-7,9H2,1-3H3. The van der Waals surface area contributed by atoms with Gasteiger partial charge in [-0.2, -0.15) is 0 Å². The van der Waals surface area contributed by atoms with E-state index in [-0.39, 0.29) is 6.61 Å². The largest absolute Gasteiger partial charge is 0.396 e. The maximum atomic E-state index is 8.78. The fraction of sp³-hybridized carbons (Fsp3) is 0.538. The van der Waals surface area contributed by atoms with Crippen molar-refractivity contribution in [1.29, 1.82) is 0 Å². The number of benzene rings is 1. The molecule has 0 radical (unpaired) electrons. The summed E-state index contributed by atoms with van der Waals surface area (Å²) in [5, 5.41) is 12.2. The highest BCUT2D eigenvalue weighted by atomic mass is 16.3. The van der Waals surface area contributed by atoms with E-state index in [9.17, 15) is 0 Å². The Morgan fingerprint density at radius 2 is 2.07 bits per heavy atom. The Morgan fingerprint density at radius 1 is 1.33 bits per heavy atom. The lowest BCUT2D eigenvalue weighted by atomic mass is 10.1. The van der Waals surface area contributed by atoms with E-state index in [1.165, 1.54) is 16.7 Å². The Bertz CT molecular complexity index is 309. The van der Waals surface area contributed by atoms with Gasteiger partial charge in [-0.15, -0.1) is 0 Å². The topological polar surface area (TPSA) is 32.3 Å². The molecule has 1 rings (SSSR count). The zero-order valence-corrected chi connectivity index (χ0v) is 9.88. The van der Waals surface area contributed by atoms with Crippen molar-refractivity contribution in [2.45, 2.75) is 39.8 Å². The predicted molar refractivity (Wildman–Crippen MR) is 63.9 cm³/mol. The number of aliphatic hydroxyl groups is 1. The van der Waals surface area contributed by atoms with Gasteiger partial charge in [0, 0.05) is 19.2 Å². The molecule has 2 nitrogen and oxygen atoms in total. The van der Waals surface area contributed by atoms with Crippen LogP contribution in [0.25, 0.3) is 0 Å². The summed E-state index contributed by atoms with van der Waals surface area (Å²) >= 11 is 0. The van der Waals surface area contributed by atoms with Crippen molar-refractivity contribution in [3.8, 4) is 0 Å². The normalized spacial score (nSPS) is 12.8. The minimum Gasteiger partial charge on any atom is -0.396 e. The maximum Gasteiger partial charge on any atom is 0.0445 e. The molecule has 1 aromatic carbocycles. The van der Waals surface area contributed by atoms with Gasteiger partial charge in [0.2, 0.25) is 0 Å². The summed E-state index contributed by atoms with van der Waals surface area (Å²) in [5.41, 5.74) is 3.98. The summed E-state index contributed by atoms with van der Waals surface area (Å²) in [7, 11) is 0. The van der Waals surface area contributed by atoms with Crippen LogP contribution >= 0.6 is 0 Å². The summed E-state index contributed by atoms with van der Waals surface area (Å²) in [5.74, 6) is 0. The van der Waals surface area contributed by atoms with E-state index in [0.29, 0.717) is 6.04 Å². The van der Waals surface area contributed by atoms with Crippen LogP contribution in [0.3, 0.4) is 0 Å². The summed E-state index contributed by atoms with van der Waals surface area (Å²) in [6.07, 6.45) is 0.810. The van der Waals surface area contributed by atoms with E-state index in [4.69, 9.17) is 5.11 Å². The maximum absolute atomic E-state index is 8.78. The molecule has 1 aromatic rings. The second kappa shape index (κ2) is 5.89. The first kappa shape index (κ1) is 12.2. The fourth-order valence-corrected chi connectivity index (χ4v) is 1.62. The Balaban J connectivity index is 2.50. The molecule has 2 N–H and O–H groups in total. The van der Waals surface area contributed by atoms with Gasteiger partial charge in [0.1, 0.15) is 0 Å². The summed E-state index contributed by atoms with van der Waals surface area (Å²) in [6.45, 7) is 7.48. The van der Waals surface area contributed by atoms with Gasteiger partial charge in [0.05, 0.1) is 0 Å². The van der Waals surface area contributed by atoms with Crippen LogP contribution < -0.4 is 5.32 Å². The fourth-order valence-electron chi connectivity index (χ4n) is 1.62. The summed E-state index contributed by atoms with van der Waals surface area (Å²) < 4.78 is 0. The molecule has 0 aliphatic rings. The predicted octanol–water partition coefficient (Wildman–Crippen LogP) is 2.16. The lowest BCUT2D eigenvalue weighted by molar-refractivity contribution is 0.268. The molecule has 0 amide bonds. The summed E-state index contributed by atoms with van der Waals surface area (Å²) in [4.78, 5) is 0. The zero-order valence-electron chi connectivity index (χ0n) is 9.88. The third kappa shape index (κ3) is 4.02. The van der Waals surface area contributed by atoms with Gasteiger partial charge < -0.3 is 10.4 Å². The number of aryl methyl sites for hydroxylation is 2. The van der Waals surface area contributed by atoms with Crippen molar-refractivity contribution in [3.63, 3.8) is 0 Å². The van der Waals surface area contributed by atoms with Crippen LogP contribution in [0.4, 0.5) is 0 Å². The van der Waals surface area contributed by atoms with E-state index in [2.05, 4.69) is 44.3 Å². The van der Waals surface area contributed by atoms with Gasteiger partial charge >= 0.3 is 0 Å². The van der Waals surface area contributed by atoms with Crippen LogP contribution in [0, 0.1) is 13.8 Å². The number of nitrogens with one attached hydrogen (secondary N) is 1. The molecule has 15 heavy (non-hydrogen) atoms. The monoisotopic (exact) mass is 207 g/mol. The van der Waals surface area contributed by atoms with Crippen LogP contribution in [0.1, 0.15) is 30.0 Å². The molecule has 0 fully saturated rings. The van der Waals surface area contributed by atoms with Gasteiger partial charge in [-0.1, -0.05) is 23.8 Å². The Kier molecular flexibility index (Phi) is 4.79. The van der Waals surface area contributed by atoms with Crippen molar-refractivity contribution in [1.82, 2.24) is 5.32 Å². The molecule has 0 bridgehead atoms. The molecule has 0 aliphatic carbocycles. The van der Waals surface area contributed by atoms with E-state index in [1.807, 2.05) is 0 Å². The quantitative estimate of drug-likeness (QED) is 0.775. The van der Waals surface area contributed by atoms with Crippen molar-refractivity contribution in [2.75, 3.05) is 6.61 Å². The molecule has 1 unspecified atom stereocenters. The molecule has 2 heteroatoms. The van der Waals surface area contributed by atoms with Crippen molar-refractivity contribution < 1.29 is 5.11 Å². The van der Waals surface area contributed by atoms with Gasteiger partial charge in [0.15, 0.2) is 0 Å². The molecule has 1 atom stereocenters. The molecule has 0 saturated carbocycles. The number of hydrogen-bond donors (Lipinski definition) is 2. The minimum absolute atomic E-state index is 0.251. The third-order valence-corrected chi connectivity index (χ3v) is 2.70. The molecule has 0 spiro atoms.